The Kier molecular flexibility index (Phi) is 20.8. The number of hydrogen-bond acceptors (Lipinski definition) is 3. The summed E-state index contributed by atoms with van der Waals surface area (Å²) in [5.74, 6) is 1.13. The minimum atomic E-state index is -0.115. The van der Waals surface area contributed by atoms with Crippen LogP contribution >= 0.6 is 0 Å². The van der Waals surface area contributed by atoms with Crippen LogP contribution in [-0.4, -0.2) is 38.8 Å². The number of hydrogen-bond donors (Lipinski definition) is 1. The zero-order valence-electron chi connectivity index (χ0n) is 13.5. The maximum atomic E-state index is 11.0. The van der Waals surface area contributed by atoms with Crippen LogP contribution in [0.15, 0.2) is 4.79 Å². The quantitative estimate of drug-likeness (QED) is 0.824. The molecule has 1 N–H and O–H groups in total. The van der Waals surface area contributed by atoms with Gasteiger partial charge in [0.05, 0.1) is 0 Å². The van der Waals surface area contributed by atoms with Gasteiger partial charge in [0.15, 0.2) is 0 Å². The Morgan fingerprint density at radius 2 is 1.57 bits per heavy atom. The molecule has 0 amide bonds. The maximum Gasteiger partial charge on any atom is 0.343 e. The Morgan fingerprint density at radius 3 is 1.83 bits per heavy atom. The predicted octanol–water partition coefficient (Wildman–Crippen LogP) is 4.11. The largest absolute Gasteiger partial charge is 0.343 e. The molecule has 1 aliphatic heterocycles. The molecule has 0 saturated carbocycles. The molecule has 6 heteroatoms. The van der Waals surface area contributed by atoms with Gasteiger partial charge in [-0.05, 0) is 46.7 Å². The molecule has 1 aromatic heterocycles. The van der Waals surface area contributed by atoms with Gasteiger partial charge in [0, 0.05) is 51.2 Å². The Balaban J connectivity index is -0.000000138. The van der Waals surface area contributed by atoms with Gasteiger partial charge in [0.2, 0.25) is 0 Å². The van der Waals surface area contributed by atoms with Crippen molar-refractivity contribution < 1.29 is 32.7 Å². The number of rotatable bonds is 3. The van der Waals surface area contributed by atoms with Gasteiger partial charge in [0.25, 0.3) is 0 Å². The van der Waals surface area contributed by atoms with E-state index in [4.69, 9.17) is 0 Å². The number of likely N-dealkylation sites (tertiary alicyclic amines) is 1. The van der Waals surface area contributed by atoms with Gasteiger partial charge in [0.1, 0.15) is 5.82 Å². The van der Waals surface area contributed by atoms with Crippen molar-refractivity contribution in [2.45, 2.75) is 88.2 Å². The van der Waals surface area contributed by atoms with E-state index in [2.05, 4.69) is 28.9 Å². The summed E-state index contributed by atoms with van der Waals surface area (Å²) in [6, 6.07) is 0.775. The molecule has 0 unspecified atom stereocenters. The van der Waals surface area contributed by atoms with Crippen LogP contribution in [0.3, 0.4) is 0 Å². The molecule has 1 radical (unpaired) electrons. The second-order valence-corrected chi connectivity index (χ2v) is 5.62. The van der Waals surface area contributed by atoms with Gasteiger partial charge in [-0.1, -0.05) is 36.1 Å². The third kappa shape index (κ3) is 9.78. The second kappa shape index (κ2) is 15.5. The molecule has 137 valence electrons. The molecule has 0 atom stereocenters. The van der Waals surface area contributed by atoms with Crippen molar-refractivity contribution in [2.24, 2.45) is 0 Å². The minimum absolute atomic E-state index is 0. The second-order valence-electron chi connectivity index (χ2n) is 5.62. The number of H-pyrrole nitrogens is 1. The van der Waals surface area contributed by atoms with Crippen LogP contribution in [0.25, 0.3) is 0 Å². The summed E-state index contributed by atoms with van der Waals surface area (Å²) < 4.78 is 1.64. The average molecular weight is 405 g/mol. The fourth-order valence-electron chi connectivity index (χ4n) is 2.33. The molecule has 1 fully saturated rings. The van der Waals surface area contributed by atoms with Crippen molar-refractivity contribution in [1.82, 2.24) is 19.7 Å². The van der Waals surface area contributed by atoms with Crippen molar-refractivity contribution in [3.8, 4) is 0 Å². The summed E-state index contributed by atoms with van der Waals surface area (Å²) in [6.45, 7) is 13.8. The molecular formula is C17H40N4OY. The van der Waals surface area contributed by atoms with Crippen molar-refractivity contribution in [3.05, 3.63) is 16.3 Å². The van der Waals surface area contributed by atoms with Gasteiger partial charge < -0.3 is 4.90 Å². The predicted molar refractivity (Wildman–Crippen MR) is 98.7 cm³/mol. The smallest absolute Gasteiger partial charge is 0.301 e. The number of nitrogens with one attached hydrogen (secondary N) is 1. The first-order chi connectivity index (χ1) is 8.97. The summed E-state index contributed by atoms with van der Waals surface area (Å²) in [5.41, 5.74) is -0.115. The van der Waals surface area contributed by atoms with Crippen LogP contribution in [0.1, 0.15) is 81.5 Å². The fourth-order valence-corrected chi connectivity index (χ4v) is 2.33. The van der Waals surface area contributed by atoms with Gasteiger partial charge in [-0.25, -0.2) is 9.89 Å². The monoisotopic (exact) mass is 405 g/mol. The average Bonchev–Trinajstić information content (AvgIpc) is 2.97. The molecule has 2 rings (SSSR count). The van der Waals surface area contributed by atoms with Crippen molar-refractivity contribution >= 4 is 0 Å². The standard InChI is InChI=1S/C7H13N3O.C7H15N.3CH4.Y/c1-4-10-6(5(2)3)8-9-7(10)11;1-7(2)8-5-3-4-6-8;;;;/h5H,4H2,1-3H3,(H,9,11);7H,3-6H2,1-2H3;3*1H4;. The van der Waals surface area contributed by atoms with E-state index in [0.717, 1.165) is 11.9 Å². The van der Waals surface area contributed by atoms with E-state index in [1.165, 1.54) is 25.9 Å². The van der Waals surface area contributed by atoms with Crippen molar-refractivity contribution in [3.63, 3.8) is 0 Å². The molecule has 0 bridgehead atoms. The third-order valence-corrected chi connectivity index (χ3v) is 3.49. The SMILES string of the molecule is C.C.C.CC(C)N1CCCC1.CCn1c(C(C)C)n[nH]c1=O.[Y]. The fraction of sp³-hybridized carbons (Fsp3) is 0.882. The summed E-state index contributed by atoms with van der Waals surface area (Å²) in [7, 11) is 0. The van der Waals surface area contributed by atoms with Crippen LogP contribution in [0.2, 0.25) is 0 Å². The molecule has 0 aromatic carbocycles. The van der Waals surface area contributed by atoms with Crippen molar-refractivity contribution in [2.75, 3.05) is 13.1 Å². The van der Waals surface area contributed by atoms with E-state index in [0.29, 0.717) is 12.5 Å². The van der Waals surface area contributed by atoms with Gasteiger partial charge in [-0.2, -0.15) is 5.10 Å². The Hall–Kier alpha value is 0.00390. The summed E-state index contributed by atoms with van der Waals surface area (Å²) in [5, 5.41) is 6.34. The van der Waals surface area contributed by atoms with Crippen molar-refractivity contribution in [1.29, 1.82) is 0 Å². The third-order valence-electron chi connectivity index (χ3n) is 3.49. The molecule has 0 spiro atoms. The van der Waals surface area contributed by atoms with Crippen LogP contribution in [0.4, 0.5) is 0 Å². The van der Waals surface area contributed by atoms with Gasteiger partial charge in [-0.15, -0.1) is 0 Å². The first-order valence-corrected chi connectivity index (χ1v) is 7.36. The van der Waals surface area contributed by atoms with Gasteiger partial charge in [-0.3, -0.25) is 4.57 Å². The topological polar surface area (TPSA) is 53.9 Å². The van der Waals surface area contributed by atoms with E-state index in [1.807, 2.05) is 20.8 Å². The van der Waals surface area contributed by atoms with E-state index < -0.39 is 0 Å². The summed E-state index contributed by atoms with van der Waals surface area (Å²) >= 11 is 0. The van der Waals surface area contributed by atoms with E-state index >= 15 is 0 Å². The molecule has 2 heterocycles. The zero-order valence-corrected chi connectivity index (χ0v) is 16.4. The normalized spacial score (nSPS) is 13.2. The summed E-state index contributed by atoms with van der Waals surface area (Å²) in [6.07, 6.45) is 2.83. The first-order valence-electron chi connectivity index (χ1n) is 7.36. The van der Waals surface area contributed by atoms with Crippen LogP contribution < -0.4 is 5.69 Å². The number of aromatic nitrogens is 3. The van der Waals surface area contributed by atoms with E-state index in [-0.39, 0.29) is 60.7 Å². The molecule has 23 heavy (non-hydrogen) atoms. The maximum absolute atomic E-state index is 11.0. The van der Waals surface area contributed by atoms with Crippen LogP contribution in [-0.2, 0) is 39.3 Å². The van der Waals surface area contributed by atoms with Crippen LogP contribution in [0.5, 0.6) is 0 Å². The molecule has 1 aliphatic rings. The number of aromatic amines is 1. The molecule has 1 aromatic rings. The molecule has 1 saturated heterocycles. The Morgan fingerprint density at radius 1 is 1.09 bits per heavy atom. The Bertz CT molecular complexity index is 420. The van der Waals surface area contributed by atoms with Gasteiger partial charge >= 0.3 is 5.69 Å². The zero-order chi connectivity index (χ0) is 14.4. The van der Waals surface area contributed by atoms with E-state index in [1.54, 1.807) is 4.57 Å². The van der Waals surface area contributed by atoms with E-state index in [9.17, 15) is 4.79 Å². The van der Waals surface area contributed by atoms with Crippen LogP contribution in [0, 0.1) is 0 Å². The first kappa shape index (κ1) is 30.8. The summed E-state index contributed by atoms with van der Waals surface area (Å²) in [4.78, 5) is 13.5. The Labute approximate surface area is 169 Å². The molecule has 5 nitrogen and oxygen atoms in total. The minimum Gasteiger partial charge on any atom is -0.301 e. The number of nitrogens with zero attached hydrogens (tertiary/aromatic N) is 3. The molecular weight excluding hydrogens is 365 g/mol. The molecule has 0 aliphatic carbocycles.